The molecule has 1 rings (SSSR count). The third-order valence-electron chi connectivity index (χ3n) is 3.28. The average molecular weight is 250 g/mol. The van der Waals surface area contributed by atoms with Crippen LogP contribution < -0.4 is 4.90 Å². The smallest absolute Gasteiger partial charge is 0.0684 e. The van der Waals surface area contributed by atoms with Crippen LogP contribution in [-0.2, 0) is 6.61 Å². The number of rotatable bonds is 7. The summed E-state index contributed by atoms with van der Waals surface area (Å²) in [5.41, 5.74) is 3.44. The lowest BCUT2D eigenvalue weighted by Crippen LogP contribution is -2.27. The van der Waals surface area contributed by atoms with Gasteiger partial charge in [0.2, 0.25) is 0 Å². The molecule has 0 radical (unpaired) electrons. The molecule has 0 bridgehead atoms. The molecule has 0 fully saturated rings. The average Bonchev–Trinajstić information content (AvgIpc) is 2.34. The third kappa shape index (κ3) is 4.31. The van der Waals surface area contributed by atoms with Crippen molar-refractivity contribution in [2.75, 3.05) is 38.6 Å². The SMILES string of the molecule is CCN(CCCN(C)C)c1ccc(CO)c(C)c1. The number of aliphatic hydroxyl groups is 1. The summed E-state index contributed by atoms with van der Waals surface area (Å²) in [7, 11) is 4.22. The van der Waals surface area contributed by atoms with Crippen molar-refractivity contribution in [3.8, 4) is 0 Å². The molecule has 18 heavy (non-hydrogen) atoms. The van der Waals surface area contributed by atoms with Crippen molar-refractivity contribution in [1.29, 1.82) is 0 Å². The van der Waals surface area contributed by atoms with E-state index < -0.39 is 0 Å². The maximum Gasteiger partial charge on any atom is 0.0684 e. The zero-order valence-corrected chi connectivity index (χ0v) is 12.1. The molecule has 3 heteroatoms. The fourth-order valence-electron chi connectivity index (χ4n) is 2.10. The topological polar surface area (TPSA) is 26.7 Å². The van der Waals surface area contributed by atoms with Crippen LogP contribution in [-0.4, -0.2) is 43.7 Å². The number of aryl methyl sites for hydroxylation is 1. The Hall–Kier alpha value is -1.06. The molecule has 0 saturated carbocycles. The van der Waals surface area contributed by atoms with Crippen LogP contribution in [0.1, 0.15) is 24.5 Å². The van der Waals surface area contributed by atoms with Gasteiger partial charge in [-0.25, -0.2) is 0 Å². The molecule has 0 aliphatic carbocycles. The highest BCUT2D eigenvalue weighted by atomic mass is 16.3. The maximum absolute atomic E-state index is 9.19. The second-order valence-corrected chi connectivity index (χ2v) is 5.01. The summed E-state index contributed by atoms with van der Waals surface area (Å²) in [6.07, 6.45) is 1.17. The summed E-state index contributed by atoms with van der Waals surface area (Å²) in [5.74, 6) is 0. The molecular formula is C15H26N2O. The Morgan fingerprint density at radius 2 is 1.89 bits per heavy atom. The Balaban J connectivity index is 2.67. The molecule has 0 aliphatic heterocycles. The minimum atomic E-state index is 0.124. The first-order chi connectivity index (χ1) is 8.58. The second-order valence-electron chi connectivity index (χ2n) is 5.01. The maximum atomic E-state index is 9.19. The Morgan fingerprint density at radius 3 is 2.39 bits per heavy atom. The number of benzene rings is 1. The van der Waals surface area contributed by atoms with E-state index >= 15 is 0 Å². The van der Waals surface area contributed by atoms with Crippen molar-refractivity contribution >= 4 is 5.69 Å². The van der Waals surface area contributed by atoms with E-state index in [2.05, 4.69) is 49.9 Å². The van der Waals surface area contributed by atoms with Crippen molar-refractivity contribution in [2.45, 2.75) is 26.9 Å². The zero-order chi connectivity index (χ0) is 13.5. The molecule has 0 spiro atoms. The van der Waals surface area contributed by atoms with E-state index in [0.29, 0.717) is 0 Å². The van der Waals surface area contributed by atoms with Crippen molar-refractivity contribution in [3.05, 3.63) is 29.3 Å². The largest absolute Gasteiger partial charge is 0.392 e. The lowest BCUT2D eigenvalue weighted by molar-refractivity contribution is 0.281. The second kappa shape index (κ2) is 7.39. The van der Waals surface area contributed by atoms with Crippen molar-refractivity contribution in [3.63, 3.8) is 0 Å². The van der Waals surface area contributed by atoms with E-state index in [1.807, 2.05) is 6.07 Å². The van der Waals surface area contributed by atoms with E-state index in [1.54, 1.807) is 0 Å². The van der Waals surface area contributed by atoms with Crippen LogP contribution >= 0.6 is 0 Å². The van der Waals surface area contributed by atoms with Gasteiger partial charge in [0.25, 0.3) is 0 Å². The fourth-order valence-corrected chi connectivity index (χ4v) is 2.10. The predicted octanol–water partition coefficient (Wildman–Crippen LogP) is 2.27. The van der Waals surface area contributed by atoms with Gasteiger partial charge < -0.3 is 14.9 Å². The van der Waals surface area contributed by atoms with Crippen LogP contribution in [0.4, 0.5) is 5.69 Å². The summed E-state index contributed by atoms with van der Waals surface area (Å²) in [6.45, 7) is 7.58. The van der Waals surface area contributed by atoms with Gasteiger partial charge in [-0.15, -0.1) is 0 Å². The van der Waals surface area contributed by atoms with Gasteiger partial charge in [0.05, 0.1) is 6.61 Å². The molecule has 0 aliphatic rings. The summed E-state index contributed by atoms with van der Waals surface area (Å²) in [5, 5.41) is 9.19. The van der Waals surface area contributed by atoms with Crippen LogP contribution in [0.3, 0.4) is 0 Å². The van der Waals surface area contributed by atoms with Gasteiger partial charge in [-0.1, -0.05) is 6.07 Å². The number of hydrogen-bond donors (Lipinski definition) is 1. The third-order valence-corrected chi connectivity index (χ3v) is 3.28. The lowest BCUT2D eigenvalue weighted by Gasteiger charge is -2.24. The van der Waals surface area contributed by atoms with Gasteiger partial charge in [0.15, 0.2) is 0 Å². The minimum absolute atomic E-state index is 0.124. The Bertz CT molecular complexity index is 364. The van der Waals surface area contributed by atoms with E-state index in [4.69, 9.17) is 0 Å². The normalized spacial score (nSPS) is 11.0. The van der Waals surface area contributed by atoms with Crippen LogP contribution in [0.25, 0.3) is 0 Å². The molecule has 102 valence electrons. The molecule has 0 aromatic heterocycles. The quantitative estimate of drug-likeness (QED) is 0.804. The van der Waals surface area contributed by atoms with E-state index in [9.17, 15) is 5.11 Å². The van der Waals surface area contributed by atoms with Crippen molar-refractivity contribution in [1.82, 2.24) is 4.90 Å². The number of aliphatic hydroxyl groups excluding tert-OH is 1. The van der Waals surface area contributed by atoms with Gasteiger partial charge in [-0.2, -0.15) is 0 Å². The first-order valence-corrected chi connectivity index (χ1v) is 6.68. The number of hydrogen-bond acceptors (Lipinski definition) is 3. The molecule has 0 heterocycles. The number of anilines is 1. The summed E-state index contributed by atoms with van der Waals surface area (Å²) in [6, 6.07) is 6.31. The highest BCUT2D eigenvalue weighted by Gasteiger charge is 2.06. The minimum Gasteiger partial charge on any atom is -0.392 e. The van der Waals surface area contributed by atoms with E-state index in [-0.39, 0.29) is 6.61 Å². The van der Waals surface area contributed by atoms with Crippen LogP contribution in [0.2, 0.25) is 0 Å². The number of nitrogens with zero attached hydrogens (tertiary/aromatic N) is 2. The van der Waals surface area contributed by atoms with Crippen LogP contribution in [0.5, 0.6) is 0 Å². The molecule has 0 amide bonds. The summed E-state index contributed by atoms with van der Waals surface area (Å²) >= 11 is 0. The van der Waals surface area contributed by atoms with Crippen molar-refractivity contribution < 1.29 is 5.11 Å². The first-order valence-electron chi connectivity index (χ1n) is 6.68. The van der Waals surface area contributed by atoms with Gasteiger partial charge >= 0.3 is 0 Å². The molecule has 0 atom stereocenters. The molecular weight excluding hydrogens is 224 g/mol. The van der Waals surface area contributed by atoms with Gasteiger partial charge in [0.1, 0.15) is 0 Å². The molecule has 1 aromatic rings. The molecule has 0 unspecified atom stereocenters. The molecule has 3 nitrogen and oxygen atoms in total. The molecule has 1 aromatic carbocycles. The van der Waals surface area contributed by atoms with Gasteiger partial charge in [-0.05, 0) is 64.2 Å². The van der Waals surface area contributed by atoms with Crippen molar-refractivity contribution in [2.24, 2.45) is 0 Å². The molecule has 0 saturated heterocycles. The summed E-state index contributed by atoms with van der Waals surface area (Å²) in [4.78, 5) is 4.60. The monoisotopic (exact) mass is 250 g/mol. The predicted molar refractivity (Wildman–Crippen MR) is 78.2 cm³/mol. The van der Waals surface area contributed by atoms with Gasteiger partial charge in [-0.3, -0.25) is 0 Å². The van der Waals surface area contributed by atoms with Crippen LogP contribution in [0, 0.1) is 6.92 Å². The van der Waals surface area contributed by atoms with E-state index in [1.165, 1.54) is 17.7 Å². The Labute approximate surface area is 111 Å². The highest BCUT2D eigenvalue weighted by molar-refractivity contribution is 5.50. The fraction of sp³-hybridized carbons (Fsp3) is 0.600. The standard InChI is InChI=1S/C15H26N2O/c1-5-17(10-6-9-16(3)4)15-8-7-14(12-18)13(2)11-15/h7-8,11,18H,5-6,9-10,12H2,1-4H3. The van der Waals surface area contributed by atoms with E-state index in [0.717, 1.165) is 25.2 Å². The highest BCUT2D eigenvalue weighted by Crippen LogP contribution is 2.19. The first kappa shape index (κ1) is 15.0. The molecule has 1 N–H and O–H groups in total. The lowest BCUT2D eigenvalue weighted by atomic mass is 10.1. The van der Waals surface area contributed by atoms with Gasteiger partial charge in [0, 0.05) is 18.8 Å². The zero-order valence-electron chi connectivity index (χ0n) is 12.1. The Morgan fingerprint density at radius 1 is 1.17 bits per heavy atom. The summed E-state index contributed by atoms with van der Waals surface area (Å²) < 4.78 is 0. The van der Waals surface area contributed by atoms with Crippen LogP contribution in [0.15, 0.2) is 18.2 Å². The Kier molecular flexibility index (Phi) is 6.16.